The number of aromatic nitrogens is 3. The summed E-state index contributed by atoms with van der Waals surface area (Å²) in [5, 5.41) is 3.82. The number of fused-ring (bicyclic) bond motifs is 9. The Hall–Kier alpha value is -2.63. The zero-order chi connectivity index (χ0) is 29.1. The van der Waals surface area contributed by atoms with E-state index in [1.165, 1.54) is 24.5 Å². The van der Waals surface area contributed by atoms with Crippen molar-refractivity contribution in [1.82, 2.24) is 19.4 Å². The van der Waals surface area contributed by atoms with Gasteiger partial charge in [0.1, 0.15) is 23.6 Å². The average molecular weight is 602 g/mol. The minimum absolute atomic E-state index is 0.0298. The number of anilines is 1. The standard InChI is InChI=1S/C31H38F3N5O2S/c32-27-23-2-1-3-26(27)31(33,34)9-4-21-5-10-38(11-6-21)12-14-41-15-13-39-29-25(28(35-19-23)36-20-37-29)18-24(30(39)40)22-7-16-42-17-8-22/h1-3,18,20-22H,4-17,19H2,(H,35,36,37). The first kappa shape index (κ1) is 29.4. The van der Waals surface area contributed by atoms with Gasteiger partial charge in [-0.3, -0.25) is 9.36 Å². The Morgan fingerprint density at radius 3 is 2.60 bits per heavy atom. The second-order valence-electron chi connectivity index (χ2n) is 11.7. The van der Waals surface area contributed by atoms with E-state index in [1.54, 1.807) is 4.57 Å². The number of benzene rings is 1. The summed E-state index contributed by atoms with van der Waals surface area (Å²) in [5.74, 6) is -1.37. The fraction of sp³-hybridized carbons (Fsp3) is 0.581. The molecule has 6 heterocycles. The Kier molecular flexibility index (Phi) is 9.07. The van der Waals surface area contributed by atoms with Gasteiger partial charge in [0.2, 0.25) is 0 Å². The highest BCUT2D eigenvalue weighted by atomic mass is 32.2. The second-order valence-corrected chi connectivity index (χ2v) is 12.9. The summed E-state index contributed by atoms with van der Waals surface area (Å²) in [5.41, 5.74) is 0.734. The van der Waals surface area contributed by atoms with E-state index < -0.39 is 17.3 Å². The molecule has 42 heavy (non-hydrogen) atoms. The molecule has 0 radical (unpaired) electrons. The summed E-state index contributed by atoms with van der Waals surface area (Å²) in [6.07, 6.45) is 4.89. The maximum atomic E-state index is 15.6. The van der Waals surface area contributed by atoms with E-state index in [2.05, 4.69) is 20.2 Å². The minimum Gasteiger partial charge on any atom is -0.378 e. The van der Waals surface area contributed by atoms with E-state index in [4.69, 9.17) is 4.74 Å². The van der Waals surface area contributed by atoms with Crippen molar-refractivity contribution < 1.29 is 17.9 Å². The molecule has 7 rings (SSSR count). The topological polar surface area (TPSA) is 72.3 Å². The van der Waals surface area contributed by atoms with Gasteiger partial charge in [-0.1, -0.05) is 18.2 Å². The highest BCUT2D eigenvalue weighted by Gasteiger charge is 2.36. The van der Waals surface area contributed by atoms with Crippen LogP contribution in [0.25, 0.3) is 11.0 Å². The molecule has 0 aliphatic carbocycles. The molecule has 0 atom stereocenters. The number of hydrogen-bond acceptors (Lipinski definition) is 7. The molecule has 226 valence electrons. The van der Waals surface area contributed by atoms with Gasteiger partial charge in [-0.2, -0.15) is 11.8 Å². The molecule has 0 amide bonds. The van der Waals surface area contributed by atoms with Gasteiger partial charge in [-0.05, 0) is 74.6 Å². The zero-order valence-electron chi connectivity index (χ0n) is 23.8. The molecular weight excluding hydrogens is 563 g/mol. The first-order valence-electron chi connectivity index (χ1n) is 15.1. The van der Waals surface area contributed by atoms with Crippen molar-refractivity contribution in [2.24, 2.45) is 5.92 Å². The smallest absolute Gasteiger partial charge is 0.276 e. The molecule has 0 unspecified atom stereocenters. The van der Waals surface area contributed by atoms with Crippen LogP contribution < -0.4 is 10.9 Å². The first-order valence-corrected chi connectivity index (χ1v) is 16.2. The Balaban J connectivity index is 1.37. The molecule has 2 fully saturated rings. The highest BCUT2D eigenvalue weighted by molar-refractivity contribution is 7.99. The van der Waals surface area contributed by atoms with Crippen molar-refractivity contribution in [2.45, 2.75) is 63.5 Å². The van der Waals surface area contributed by atoms with Crippen LogP contribution in [-0.4, -0.2) is 63.8 Å². The van der Waals surface area contributed by atoms with Gasteiger partial charge in [0.05, 0.1) is 30.7 Å². The molecule has 3 aromatic rings. The number of alkyl halides is 2. The summed E-state index contributed by atoms with van der Waals surface area (Å²) in [6, 6.07) is 6.09. The molecule has 4 aliphatic heterocycles. The SMILES string of the molecule is O=c1c(C2CCSCC2)cc2c3ncnc2n1CCOCCN1CCC(CC1)CCC(F)(F)c1cccc(c1F)CN3. The molecule has 11 heteroatoms. The summed E-state index contributed by atoms with van der Waals surface area (Å²) in [6.45, 7) is 3.65. The number of pyridine rings is 1. The first-order chi connectivity index (χ1) is 20.4. The molecule has 1 aromatic carbocycles. The Morgan fingerprint density at radius 2 is 1.79 bits per heavy atom. The van der Waals surface area contributed by atoms with Crippen LogP contribution in [0.3, 0.4) is 0 Å². The predicted octanol–water partition coefficient (Wildman–Crippen LogP) is 5.77. The quantitative estimate of drug-likeness (QED) is 0.380. The van der Waals surface area contributed by atoms with Crippen molar-refractivity contribution in [3.8, 4) is 0 Å². The van der Waals surface area contributed by atoms with Crippen LogP contribution in [0.4, 0.5) is 19.0 Å². The van der Waals surface area contributed by atoms with Crippen LogP contribution in [0.2, 0.25) is 0 Å². The molecule has 7 nitrogen and oxygen atoms in total. The zero-order valence-corrected chi connectivity index (χ0v) is 24.6. The summed E-state index contributed by atoms with van der Waals surface area (Å²) in [7, 11) is 0. The van der Waals surface area contributed by atoms with Gasteiger partial charge >= 0.3 is 0 Å². The Bertz CT molecular complexity index is 1450. The molecular formula is C31H38F3N5O2S. The van der Waals surface area contributed by atoms with E-state index in [1.807, 2.05) is 17.8 Å². The molecule has 0 spiro atoms. The third-order valence-electron chi connectivity index (χ3n) is 9.08. The summed E-state index contributed by atoms with van der Waals surface area (Å²) < 4.78 is 53.9. The van der Waals surface area contributed by atoms with Gasteiger partial charge < -0.3 is 15.0 Å². The third-order valence-corrected chi connectivity index (χ3v) is 10.1. The molecule has 2 saturated heterocycles. The van der Waals surface area contributed by atoms with Gasteiger partial charge in [0.15, 0.2) is 0 Å². The van der Waals surface area contributed by atoms with Crippen LogP contribution in [0.15, 0.2) is 35.4 Å². The number of rotatable bonds is 1. The van der Waals surface area contributed by atoms with Crippen LogP contribution in [0.1, 0.15) is 61.1 Å². The van der Waals surface area contributed by atoms with Crippen LogP contribution >= 0.6 is 11.8 Å². The lowest BCUT2D eigenvalue weighted by atomic mass is 9.89. The number of halogens is 3. The van der Waals surface area contributed by atoms with Crippen LogP contribution in [-0.2, 0) is 23.7 Å². The molecule has 1 N–H and O–H groups in total. The van der Waals surface area contributed by atoms with Gasteiger partial charge in [-0.25, -0.2) is 23.1 Å². The van der Waals surface area contributed by atoms with E-state index in [0.29, 0.717) is 43.0 Å². The van der Waals surface area contributed by atoms with Crippen LogP contribution in [0, 0.1) is 11.7 Å². The lowest BCUT2D eigenvalue weighted by molar-refractivity contribution is -0.0252. The van der Waals surface area contributed by atoms with E-state index in [-0.39, 0.29) is 35.9 Å². The van der Waals surface area contributed by atoms with Crippen LogP contribution in [0.5, 0.6) is 0 Å². The molecule has 8 bridgehead atoms. The number of ether oxygens (including phenoxy) is 1. The number of thioether (sulfide) groups is 1. The monoisotopic (exact) mass is 601 g/mol. The normalized spacial score (nSPS) is 24.3. The maximum Gasteiger partial charge on any atom is 0.276 e. The second kappa shape index (κ2) is 12.9. The van der Waals surface area contributed by atoms with E-state index >= 15 is 13.2 Å². The highest BCUT2D eigenvalue weighted by Crippen LogP contribution is 2.38. The van der Waals surface area contributed by atoms with E-state index in [0.717, 1.165) is 62.4 Å². The van der Waals surface area contributed by atoms with Gasteiger partial charge in [0.25, 0.3) is 11.5 Å². The van der Waals surface area contributed by atoms with Crippen molar-refractivity contribution in [1.29, 1.82) is 0 Å². The van der Waals surface area contributed by atoms with Crippen molar-refractivity contribution in [2.75, 3.05) is 49.7 Å². The largest absolute Gasteiger partial charge is 0.378 e. The Morgan fingerprint density at radius 1 is 1.00 bits per heavy atom. The fourth-order valence-electron chi connectivity index (χ4n) is 6.50. The Labute approximate surface area is 248 Å². The third kappa shape index (κ3) is 6.33. The molecule has 4 aliphatic rings. The number of nitrogens with zero attached hydrogens (tertiary/aromatic N) is 4. The van der Waals surface area contributed by atoms with Crippen molar-refractivity contribution >= 4 is 28.6 Å². The summed E-state index contributed by atoms with van der Waals surface area (Å²) >= 11 is 1.90. The molecule has 0 saturated carbocycles. The van der Waals surface area contributed by atoms with Crippen molar-refractivity contribution in [3.63, 3.8) is 0 Å². The molecule has 2 aromatic heterocycles. The summed E-state index contributed by atoms with van der Waals surface area (Å²) in [4.78, 5) is 25.0. The average Bonchev–Trinajstić information content (AvgIpc) is 3.00. The number of nitrogens with one attached hydrogen (secondary N) is 1. The van der Waals surface area contributed by atoms with Gasteiger partial charge in [0, 0.05) is 30.6 Å². The lowest BCUT2D eigenvalue weighted by Gasteiger charge is -2.32. The number of piperidine rings is 1. The minimum atomic E-state index is -3.26. The fourth-order valence-corrected chi connectivity index (χ4v) is 7.61. The van der Waals surface area contributed by atoms with E-state index in [9.17, 15) is 4.79 Å². The van der Waals surface area contributed by atoms with Gasteiger partial charge in [-0.15, -0.1) is 0 Å². The number of hydrogen-bond donors (Lipinski definition) is 1. The maximum absolute atomic E-state index is 15.6. The van der Waals surface area contributed by atoms with Crippen molar-refractivity contribution in [3.05, 3.63) is 63.5 Å². The predicted molar refractivity (Wildman–Crippen MR) is 160 cm³/mol. The lowest BCUT2D eigenvalue weighted by Crippen LogP contribution is -2.36.